The molecule has 1 amide bonds. The molecule has 0 spiro atoms. The number of nitrogens with one attached hydrogen (secondary N) is 1. The molecule has 1 aromatic rings. The van der Waals surface area contributed by atoms with Gasteiger partial charge in [-0.3, -0.25) is 4.79 Å². The monoisotopic (exact) mass is 236 g/mol. The van der Waals surface area contributed by atoms with E-state index in [2.05, 4.69) is 12.2 Å². The summed E-state index contributed by atoms with van der Waals surface area (Å²) in [6.45, 7) is 3.63. The lowest BCUT2D eigenvalue weighted by Crippen LogP contribution is -2.36. The van der Waals surface area contributed by atoms with E-state index in [0.717, 1.165) is 6.54 Å². The minimum absolute atomic E-state index is 0.0109. The van der Waals surface area contributed by atoms with Gasteiger partial charge in [0, 0.05) is 19.3 Å². The highest BCUT2D eigenvalue weighted by Gasteiger charge is 2.31. The smallest absolute Gasteiger partial charge is 0.231 e. The fraction of sp³-hybridized carbons (Fsp3) is 0.462. The lowest BCUT2D eigenvalue weighted by atomic mass is 9.96. The Morgan fingerprint density at radius 3 is 2.82 bits per heavy atom. The first kappa shape index (κ1) is 12.0. The van der Waals surface area contributed by atoms with Crippen molar-refractivity contribution in [2.24, 2.45) is 11.8 Å². The highest BCUT2D eigenvalue weighted by molar-refractivity contribution is 5.95. The number of nitrogens with zero attached hydrogens (tertiary/aromatic N) is 1. The Balaban J connectivity index is 2.14. The molecule has 0 bridgehead atoms. The molecule has 1 aromatic carbocycles. The van der Waals surface area contributed by atoms with E-state index in [9.17, 15) is 9.18 Å². The van der Waals surface area contributed by atoms with Gasteiger partial charge in [0.1, 0.15) is 5.82 Å². The van der Waals surface area contributed by atoms with Crippen molar-refractivity contribution in [3.05, 3.63) is 30.1 Å². The normalized spacial score (nSPS) is 23.7. The van der Waals surface area contributed by atoms with Gasteiger partial charge in [0.05, 0.1) is 5.92 Å². The van der Waals surface area contributed by atoms with Crippen LogP contribution in [0.5, 0.6) is 0 Å². The van der Waals surface area contributed by atoms with Crippen molar-refractivity contribution in [2.75, 3.05) is 25.0 Å². The predicted octanol–water partition coefficient (Wildman–Crippen LogP) is 1.64. The van der Waals surface area contributed by atoms with Crippen LogP contribution in [-0.2, 0) is 4.79 Å². The zero-order valence-electron chi connectivity index (χ0n) is 10.1. The molecule has 1 aliphatic rings. The Kier molecular flexibility index (Phi) is 3.43. The highest BCUT2D eigenvalue weighted by Crippen LogP contribution is 2.22. The third-order valence-corrected chi connectivity index (χ3v) is 3.36. The zero-order valence-corrected chi connectivity index (χ0v) is 10.1. The number of benzene rings is 1. The summed E-state index contributed by atoms with van der Waals surface area (Å²) >= 11 is 0. The average Bonchev–Trinajstić information content (AvgIpc) is 2.73. The summed E-state index contributed by atoms with van der Waals surface area (Å²) in [7, 11) is 1.70. The number of carbonyl (C=O) groups is 1. The van der Waals surface area contributed by atoms with Crippen LogP contribution < -0.4 is 10.2 Å². The van der Waals surface area contributed by atoms with E-state index < -0.39 is 0 Å². The number of carbonyl (C=O) groups excluding carboxylic acids is 1. The van der Waals surface area contributed by atoms with E-state index in [4.69, 9.17) is 0 Å². The molecule has 17 heavy (non-hydrogen) atoms. The van der Waals surface area contributed by atoms with Crippen LogP contribution in [0.25, 0.3) is 0 Å². The van der Waals surface area contributed by atoms with Gasteiger partial charge in [0.25, 0.3) is 0 Å². The molecule has 0 unspecified atom stereocenters. The molecule has 0 radical (unpaired) electrons. The zero-order chi connectivity index (χ0) is 12.4. The largest absolute Gasteiger partial charge is 0.316 e. The highest BCUT2D eigenvalue weighted by atomic mass is 19.1. The summed E-state index contributed by atoms with van der Waals surface area (Å²) in [4.78, 5) is 13.8. The van der Waals surface area contributed by atoms with E-state index in [1.54, 1.807) is 19.2 Å². The first-order valence-electron chi connectivity index (χ1n) is 5.83. The number of hydrogen-bond acceptors (Lipinski definition) is 2. The van der Waals surface area contributed by atoms with Crippen molar-refractivity contribution in [1.82, 2.24) is 5.32 Å². The van der Waals surface area contributed by atoms with Gasteiger partial charge in [-0.1, -0.05) is 13.0 Å². The molecule has 1 N–H and O–H groups in total. The molecular weight excluding hydrogens is 219 g/mol. The third-order valence-electron chi connectivity index (χ3n) is 3.36. The molecule has 1 saturated heterocycles. The second-order valence-electron chi connectivity index (χ2n) is 4.62. The van der Waals surface area contributed by atoms with E-state index in [1.807, 2.05) is 0 Å². The summed E-state index contributed by atoms with van der Waals surface area (Å²) in [5.41, 5.74) is 0.606. The molecule has 1 fully saturated rings. The Morgan fingerprint density at radius 1 is 1.47 bits per heavy atom. The van der Waals surface area contributed by atoms with Gasteiger partial charge in [0.15, 0.2) is 0 Å². The van der Waals surface area contributed by atoms with Crippen LogP contribution in [0.1, 0.15) is 6.92 Å². The molecule has 1 aliphatic heterocycles. The average molecular weight is 236 g/mol. The summed E-state index contributed by atoms with van der Waals surface area (Å²) in [6.07, 6.45) is 0. The van der Waals surface area contributed by atoms with Gasteiger partial charge < -0.3 is 10.2 Å². The van der Waals surface area contributed by atoms with Crippen molar-refractivity contribution < 1.29 is 9.18 Å². The molecule has 0 saturated carbocycles. The predicted molar refractivity (Wildman–Crippen MR) is 65.3 cm³/mol. The van der Waals surface area contributed by atoms with Crippen molar-refractivity contribution in [2.45, 2.75) is 6.92 Å². The van der Waals surface area contributed by atoms with Crippen LogP contribution in [0.4, 0.5) is 10.1 Å². The molecule has 0 aromatic heterocycles. The number of anilines is 1. The second-order valence-corrected chi connectivity index (χ2v) is 4.62. The quantitative estimate of drug-likeness (QED) is 0.846. The maximum Gasteiger partial charge on any atom is 0.231 e. The summed E-state index contributed by atoms with van der Waals surface area (Å²) in [5, 5.41) is 3.20. The van der Waals surface area contributed by atoms with E-state index >= 15 is 0 Å². The third kappa shape index (κ3) is 2.47. The van der Waals surface area contributed by atoms with Gasteiger partial charge in [-0.15, -0.1) is 0 Å². The van der Waals surface area contributed by atoms with Crippen LogP contribution in [0, 0.1) is 17.7 Å². The Morgan fingerprint density at radius 2 is 2.24 bits per heavy atom. The van der Waals surface area contributed by atoms with Gasteiger partial charge in [0.2, 0.25) is 5.91 Å². The minimum atomic E-state index is -0.320. The Labute approximate surface area is 101 Å². The maximum absolute atomic E-state index is 13.1. The molecule has 4 heteroatoms. The van der Waals surface area contributed by atoms with Crippen LogP contribution in [0.3, 0.4) is 0 Å². The Hall–Kier alpha value is -1.42. The van der Waals surface area contributed by atoms with Crippen LogP contribution >= 0.6 is 0 Å². The second kappa shape index (κ2) is 4.84. The number of hydrogen-bond donors (Lipinski definition) is 1. The SMILES string of the molecule is C[C@@H]1CNC[C@H]1C(=O)N(C)c1cccc(F)c1. The first-order chi connectivity index (χ1) is 8.09. The van der Waals surface area contributed by atoms with Gasteiger partial charge in [-0.25, -0.2) is 4.39 Å². The topological polar surface area (TPSA) is 32.3 Å². The molecule has 1 heterocycles. The van der Waals surface area contributed by atoms with Gasteiger partial charge >= 0.3 is 0 Å². The lowest BCUT2D eigenvalue weighted by molar-refractivity contribution is -0.122. The van der Waals surface area contributed by atoms with Crippen molar-refractivity contribution in [3.63, 3.8) is 0 Å². The van der Waals surface area contributed by atoms with Crippen LogP contribution in [0.2, 0.25) is 0 Å². The maximum atomic E-state index is 13.1. The van der Waals surface area contributed by atoms with Crippen molar-refractivity contribution in [1.29, 1.82) is 0 Å². The number of halogens is 1. The number of amides is 1. The number of rotatable bonds is 2. The molecular formula is C13H17FN2O. The fourth-order valence-corrected chi connectivity index (χ4v) is 2.20. The lowest BCUT2D eigenvalue weighted by Gasteiger charge is -2.23. The molecule has 92 valence electrons. The van der Waals surface area contributed by atoms with E-state index in [1.165, 1.54) is 17.0 Å². The summed E-state index contributed by atoms with van der Waals surface area (Å²) < 4.78 is 13.1. The van der Waals surface area contributed by atoms with Gasteiger partial charge in [-0.05, 0) is 30.7 Å². The van der Waals surface area contributed by atoms with E-state index in [-0.39, 0.29) is 17.6 Å². The Bertz CT molecular complexity index is 422. The standard InChI is InChI=1S/C13H17FN2O/c1-9-7-15-8-12(9)13(17)16(2)11-5-3-4-10(14)6-11/h3-6,9,12,15H,7-8H2,1-2H3/t9-,12-/m1/s1. The molecule has 2 rings (SSSR count). The van der Waals surface area contributed by atoms with Crippen molar-refractivity contribution >= 4 is 11.6 Å². The summed E-state index contributed by atoms with van der Waals surface area (Å²) in [5.74, 6) is 0.0506. The summed E-state index contributed by atoms with van der Waals surface area (Å²) in [6, 6.07) is 6.12. The van der Waals surface area contributed by atoms with E-state index in [0.29, 0.717) is 18.2 Å². The van der Waals surface area contributed by atoms with Crippen LogP contribution in [0.15, 0.2) is 24.3 Å². The van der Waals surface area contributed by atoms with Gasteiger partial charge in [-0.2, -0.15) is 0 Å². The molecule has 2 atom stereocenters. The minimum Gasteiger partial charge on any atom is -0.316 e. The van der Waals surface area contributed by atoms with Crippen LogP contribution in [-0.4, -0.2) is 26.0 Å². The fourth-order valence-electron chi connectivity index (χ4n) is 2.20. The first-order valence-corrected chi connectivity index (χ1v) is 5.83. The molecule has 0 aliphatic carbocycles. The van der Waals surface area contributed by atoms with Crippen molar-refractivity contribution in [3.8, 4) is 0 Å². The molecule has 3 nitrogen and oxygen atoms in total.